The molecule has 1 saturated heterocycles. The van der Waals surface area contributed by atoms with Crippen molar-refractivity contribution in [1.29, 1.82) is 0 Å². The van der Waals surface area contributed by atoms with Gasteiger partial charge in [-0.15, -0.1) is 0 Å². The fourth-order valence-electron chi connectivity index (χ4n) is 2.71. The van der Waals surface area contributed by atoms with Crippen LogP contribution in [0.5, 0.6) is 0 Å². The van der Waals surface area contributed by atoms with E-state index in [0.29, 0.717) is 24.2 Å². The normalized spacial score (nSPS) is 13.8. The van der Waals surface area contributed by atoms with Gasteiger partial charge in [-0.2, -0.15) is 0 Å². The van der Waals surface area contributed by atoms with Gasteiger partial charge in [0, 0.05) is 24.3 Å². The van der Waals surface area contributed by atoms with Crippen LogP contribution in [0.3, 0.4) is 0 Å². The zero-order valence-electron chi connectivity index (χ0n) is 14.0. The fraction of sp³-hybridized carbons (Fsp3) is 0.150. The average Bonchev–Trinajstić information content (AvgIpc) is 3.06. The Bertz CT molecular complexity index is 854. The Hall–Kier alpha value is -3.41. The molecule has 0 saturated carbocycles. The van der Waals surface area contributed by atoms with Gasteiger partial charge in [0.25, 0.3) is 0 Å². The van der Waals surface area contributed by atoms with E-state index < -0.39 is 5.97 Å². The highest BCUT2D eigenvalue weighted by Gasteiger charge is 2.20. The molecule has 2 amide bonds. The predicted molar refractivity (Wildman–Crippen MR) is 98.3 cm³/mol. The minimum atomic E-state index is -0.877. The van der Waals surface area contributed by atoms with E-state index in [-0.39, 0.29) is 18.2 Å². The van der Waals surface area contributed by atoms with Crippen molar-refractivity contribution < 1.29 is 19.5 Å². The number of carbonyl (C=O) groups is 3. The molecule has 26 heavy (non-hydrogen) atoms. The van der Waals surface area contributed by atoms with Crippen molar-refractivity contribution in [2.75, 3.05) is 18.0 Å². The summed E-state index contributed by atoms with van der Waals surface area (Å²) in [5.74, 6) is -1.02. The Labute approximate surface area is 150 Å². The van der Waals surface area contributed by atoms with Gasteiger partial charge in [0.15, 0.2) is 5.78 Å². The SMILES string of the molecule is O=C(O)Cc1ccc(/C=C/C(=O)c2ccc(N3CCNC3=O)cc2)cc1. The van der Waals surface area contributed by atoms with Crippen LogP contribution < -0.4 is 10.2 Å². The van der Waals surface area contributed by atoms with Crippen LogP contribution in [-0.4, -0.2) is 36.0 Å². The summed E-state index contributed by atoms with van der Waals surface area (Å²) in [6.45, 7) is 1.23. The Balaban J connectivity index is 1.64. The maximum Gasteiger partial charge on any atom is 0.321 e. The lowest BCUT2D eigenvalue weighted by Crippen LogP contribution is -2.27. The highest BCUT2D eigenvalue weighted by Crippen LogP contribution is 2.18. The molecule has 0 aliphatic carbocycles. The van der Waals surface area contributed by atoms with Crippen molar-refractivity contribution >= 4 is 29.5 Å². The van der Waals surface area contributed by atoms with Crippen molar-refractivity contribution in [2.24, 2.45) is 0 Å². The molecule has 6 heteroatoms. The number of hydrogen-bond donors (Lipinski definition) is 2. The van der Waals surface area contributed by atoms with E-state index in [1.807, 2.05) is 0 Å². The third kappa shape index (κ3) is 4.16. The number of amides is 2. The highest BCUT2D eigenvalue weighted by atomic mass is 16.4. The third-order valence-corrected chi connectivity index (χ3v) is 4.08. The first kappa shape index (κ1) is 17.4. The number of nitrogens with zero attached hydrogens (tertiary/aromatic N) is 1. The molecule has 3 rings (SSSR count). The molecule has 2 aromatic rings. The molecule has 2 aromatic carbocycles. The number of allylic oxidation sites excluding steroid dienone is 1. The fourth-order valence-corrected chi connectivity index (χ4v) is 2.71. The number of ketones is 1. The largest absolute Gasteiger partial charge is 0.481 e. The monoisotopic (exact) mass is 350 g/mol. The number of carbonyl (C=O) groups excluding carboxylic acids is 2. The molecule has 1 aliphatic heterocycles. The molecule has 0 atom stereocenters. The molecule has 1 aliphatic rings. The van der Waals surface area contributed by atoms with E-state index in [1.165, 1.54) is 6.08 Å². The van der Waals surface area contributed by atoms with E-state index in [1.54, 1.807) is 59.5 Å². The van der Waals surface area contributed by atoms with Crippen LogP contribution in [0.4, 0.5) is 10.5 Å². The summed E-state index contributed by atoms with van der Waals surface area (Å²) in [5, 5.41) is 11.5. The van der Waals surface area contributed by atoms with Gasteiger partial charge >= 0.3 is 12.0 Å². The van der Waals surface area contributed by atoms with Crippen LogP contribution in [0.25, 0.3) is 6.08 Å². The number of benzene rings is 2. The van der Waals surface area contributed by atoms with Crippen molar-refractivity contribution in [1.82, 2.24) is 5.32 Å². The van der Waals surface area contributed by atoms with Gasteiger partial charge in [-0.25, -0.2) is 4.79 Å². The minimum Gasteiger partial charge on any atom is -0.481 e. The molecule has 1 heterocycles. The van der Waals surface area contributed by atoms with Gasteiger partial charge in [-0.1, -0.05) is 30.3 Å². The van der Waals surface area contributed by atoms with Crippen molar-refractivity contribution in [3.63, 3.8) is 0 Å². The Morgan fingerprint density at radius 1 is 1.08 bits per heavy atom. The molecule has 6 nitrogen and oxygen atoms in total. The number of carboxylic acid groups (broad SMARTS) is 1. The summed E-state index contributed by atoms with van der Waals surface area (Å²) in [6, 6.07) is 13.8. The number of rotatable bonds is 6. The third-order valence-electron chi connectivity index (χ3n) is 4.08. The van der Waals surface area contributed by atoms with E-state index in [9.17, 15) is 14.4 Å². The zero-order chi connectivity index (χ0) is 18.5. The van der Waals surface area contributed by atoms with Crippen LogP contribution in [-0.2, 0) is 11.2 Å². The maximum absolute atomic E-state index is 12.3. The summed E-state index contributed by atoms with van der Waals surface area (Å²) in [5.41, 5.74) is 2.82. The molecule has 0 radical (unpaired) electrons. The first-order chi connectivity index (χ1) is 12.5. The predicted octanol–water partition coefficient (Wildman–Crippen LogP) is 2.74. The molecule has 0 aromatic heterocycles. The highest BCUT2D eigenvalue weighted by molar-refractivity contribution is 6.07. The van der Waals surface area contributed by atoms with Gasteiger partial charge < -0.3 is 10.4 Å². The summed E-state index contributed by atoms with van der Waals surface area (Å²) in [7, 11) is 0. The van der Waals surface area contributed by atoms with E-state index >= 15 is 0 Å². The average molecular weight is 350 g/mol. The number of anilines is 1. The second-order valence-electron chi connectivity index (χ2n) is 5.94. The number of hydrogen-bond acceptors (Lipinski definition) is 3. The molecular weight excluding hydrogens is 332 g/mol. The second kappa shape index (κ2) is 7.65. The van der Waals surface area contributed by atoms with Gasteiger partial charge in [0.05, 0.1) is 6.42 Å². The second-order valence-corrected chi connectivity index (χ2v) is 5.94. The number of aliphatic carboxylic acids is 1. The number of urea groups is 1. The lowest BCUT2D eigenvalue weighted by atomic mass is 10.1. The van der Waals surface area contributed by atoms with Gasteiger partial charge in [-0.05, 0) is 41.5 Å². The van der Waals surface area contributed by atoms with Crippen LogP contribution >= 0.6 is 0 Å². The molecule has 2 N–H and O–H groups in total. The van der Waals surface area contributed by atoms with E-state index in [0.717, 1.165) is 11.3 Å². The number of nitrogens with one attached hydrogen (secondary N) is 1. The van der Waals surface area contributed by atoms with Crippen LogP contribution in [0.15, 0.2) is 54.6 Å². The quantitative estimate of drug-likeness (QED) is 0.619. The van der Waals surface area contributed by atoms with Gasteiger partial charge in [0.1, 0.15) is 0 Å². The molecule has 0 unspecified atom stereocenters. The van der Waals surface area contributed by atoms with Gasteiger partial charge in [-0.3, -0.25) is 14.5 Å². The van der Waals surface area contributed by atoms with Crippen molar-refractivity contribution in [3.05, 3.63) is 71.3 Å². The number of carboxylic acids is 1. The van der Waals surface area contributed by atoms with E-state index in [4.69, 9.17) is 5.11 Å². The summed E-state index contributed by atoms with van der Waals surface area (Å²) in [4.78, 5) is 36.2. The van der Waals surface area contributed by atoms with Gasteiger partial charge in [0.2, 0.25) is 0 Å². The molecule has 1 fully saturated rings. The molecule has 0 bridgehead atoms. The Morgan fingerprint density at radius 3 is 2.35 bits per heavy atom. The first-order valence-electron chi connectivity index (χ1n) is 8.21. The van der Waals surface area contributed by atoms with E-state index in [2.05, 4.69) is 5.32 Å². The lowest BCUT2D eigenvalue weighted by Gasteiger charge is -2.14. The van der Waals surface area contributed by atoms with Crippen LogP contribution in [0.2, 0.25) is 0 Å². The zero-order valence-corrected chi connectivity index (χ0v) is 14.0. The topological polar surface area (TPSA) is 86.7 Å². The summed E-state index contributed by atoms with van der Waals surface area (Å²) in [6.07, 6.45) is 3.14. The smallest absolute Gasteiger partial charge is 0.321 e. The summed E-state index contributed by atoms with van der Waals surface area (Å²) >= 11 is 0. The standard InChI is InChI=1S/C20H18N2O4/c23-18(10-5-14-1-3-15(4-2-14)13-19(24)25)16-6-8-17(9-7-16)22-12-11-21-20(22)26/h1-10H,11-13H2,(H,21,26)(H,24,25)/b10-5+. The van der Waals surface area contributed by atoms with Crippen LogP contribution in [0, 0.1) is 0 Å². The summed E-state index contributed by atoms with van der Waals surface area (Å²) < 4.78 is 0. The molecule has 0 spiro atoms. The van der Waals surface area contributed by atoms with Crippen LogP contribution in [0.1, 0.15) is 21.5 Å². The van der Waals surface area contributed by atoms with Crippen molar-refractivity contribution in [2.45, 2.75) is 6.42 Å². The maximum atomic E-state index is 12.3. The Morgan fingerprint density at radius 2 is 1.77 bits per heavy atom. The Kier molecular flexibility index (Phi) is 5.12. The molecule has 132 valence electrons. The first-order valence-corrected chi connectivity index (χ1v) is 8.21. The molecular formula is C20H18N2O4. The van der Waals surface area contributed by atoms with Crippen molar-refractivity contribution in [3.8, 4) is 0 Å². The lowest BCUT2D eigenvalue weighted by molar-refractivity contribution is -0.136. The minimum absolute atomic E-state index is 0.0235.